The molecule has 2 aromatic rings. The van der Waals surface area contributed by atoms with E-state index >= 15 is 0 Å². The van der Waals surface area contributed by atoms with Crippen LogP contribution in [-0.2, 0) is 13.0 Å². The Morgan fingerprint density at radius 3 is 2.57 bits per heavy atom. The minimum Gasteiger partial charge on any atom is -0.454 e. The largest absolute Gasteiger partial charge is 0.454 e. The molecule has 0 atom stereocenters. The first-order chi connectivity index (χ1) is 10.9. The summed E-state index contributed by atoms with van der Waals surface area (Å²) in [6.07, 6.45) is 0.834. The smallest absolute Gasteiger partial charge is 0.289 e. The third kappa shape index (κ3) is 4.21. The topological polar surface area (TPSA) is 74.5 Å². The third-order valence-corrected chi connectivity index (χ3v) is 3.25. The van der Waals surface area contributed by atoms with Crippen molar-refractivity contribution in [2.45, 2.75) is 19.9 Å². The van der Waals surface area contributed by atoms with Crippen LogP contribution < -0.4 is 10.2 Å². The molecule has 0 unspecified atom stereocenters. The first-order valence-corrected chi connectivity index (χ1v) is 7.50. The Kier molecular flexibility index (Phi) is 5.20. The van der Waals surface area contributed by atoms with Crippen molar-refractivity contribution in [1.29, 1.82) is 0 Å². The van der Waals surface area contributed by atoms with Gasteiger partial charge in [0.1, 0.15) is 11.6 Å². The molecule has 124 valence electrons. The lowest BCUT2D eigenvalue weighted by atomic mass is 10.3. The molecular weight excluding hydrogens is 294 g/mol. The van der Waals surface area contributed by atoms with Crippen molar-refractivity contribution in [3.05, 3.63) is 35.4 Å². The van der Waals surface area contributed by atoms with E-state index < -0.39 is 0 Å². The molecule has 0 fully saturated rings. The fraction of sp³-hybridized carbons (Fsp3) is 0.438. The number of aromatic nitrogens is 2. The fourth-order valence-electron chi connectivity index (χ4n) is 1.94. The fourth-order valence-corrected chi connectivity index (χ4v) is 1.94. The second-order valence-corrected chi connectivity index (χ2v) is 5.61. The van der Waals surface area contributed by atoms with Crippen molar-refractivity contribution in [2.75, 3.05) is 38.4 Å². The Morgan fingerprint density at radius 1 is 1.22 bits per heavy atom. The molecule has 2 aromatic heterocycles. The number of nitrogens with one attached hydrogen (secondary N) is 1. The Labute approximate surface area is 136 Å². The van der Waals surface area contributed by atoms with Crippen LogP contribution >= 0.6 is 0 Å². The van der Waals surface area contributed by atoms with Gasteiger partial charge in [0.05, 0.1) is 6.54 Å². The van der Waals surface area contributed by atoms with E-state index in [1.54, 1.807) is 26.2 Å². The highest BCUT2D eigenvalue weighted by Gasteiger charge is 2.13. The van der Waals surface area contributed by atoms with Gasteiger partial charge < -0.3 is 19.5 Å². The third-order valence-electron chi connectivity index (χ3n) is 3.25. The molecular formula is C16H23N5O2. The molecule has 0 bridgehead atoms. The zero-order chi connectivity index (χ0) is 17.0. The summed E-state index contributed by atoms with van der Waals surface area (Å²) in [6.45, 7) is 2.50. The maximum Gasteiger partial charge on any atom is 0.289 e. The minimum atomic E-state index is -0.151. The SMILES string of the molecule is CCc1cc(NCc2ccc(C(=O)N(C)C)o2)nc(N(C)C)n1. The summed E-state index contributed by atoms with van der Waals surface area (Å²) in [5.74, 6) is 2.25. The average molecular weight is 317 g/mol. The van der Waals surface area contributed by atoms with Crippen molar-refractivity contribution in [3.63, 3.8) is 0 Å². The summed E-state index contributed by atoms with van der Waals surface area (Å²) >= 11 is 0. The van der Waals surface area contributed by atoms with Crippen LogP contribution in [0, 0.1) is 0 Å². The van der Waals surface area contributed by atoms with Gasteiger partial charge >= 0.3 is 0 Å². The van der Waals surface area contributed by atoms with Crippen LogP contribution in [-0.4, -0.2) is 49.0 Å². The molecule has 0 aliphatic heterocycles. The summed E-state index contributed by atoms with van der Waals surface area (Å²) in [4.78, 5) is 24.1. The predicted molar refractivity (Wildman–Crippen MR) is 89.8 cm³/mol. The van der Waals surface area contributed by atoms with E-state index in [1.807, 2.05) is 25.1 Å². The van der Waals surface area contributed by atoms with E-state index in [9.17, 15) is 4.79 Å². The number of carbonyl (C=O) groups is 1. The van der Waals surface area contributed by atoms with Crippen LogP contribution in [0.3, 0.4) is 0 Å². The predicted octanol–water partition coefficient (Wildman–Crippen LogP) is 2.01. The number of nitrogens with zero attached hydrogens (tertiary/aromatic N) is 4. The molecule has 1 N–H and O–H groups in total. The lowest BCUT2D eigenvalue weighted by Crippen LogP contribution is -2.20. The van der Waals surface area contributed by atoms with Gasteiger partial charge in [-0.3, -0.25) is 4.79 Å². The van der Waals surface area contributed by atoms with E-state index in [1.165, 1.54) is 4.90 Å². The summed E-state index contributed by atoms with van der Waals surface area (Å²) in [7, 11) is 7.20. The Morgan fingerprint density at radius 2 is 1.96 bits per heavy atom. The number of hydrogen-bond acceptors (Lipinski definition) is 6. The lowest BCUT2D eigenvalue weighted by molar-refractivity contribution is 0.0795. The molecule has 0 spiro atoms. The quantitative estimate of drug-likeness (QED) is 0.878. The first-order valence-electron chi connectivity index (χ1n) is 7.50. The molecule has 0 aliphatic rings. The van der Waals surface area contributed by atoms with Crippen LogP contribution in [0.4, 0.5) is 11.8 Å². The van der Waals surface area contributed by atoms with Gasteiger partial charge in [-0.15, -0.1) is 0 Å². The van der Waals surface area contributed by atoms with Crippen molar-refractivity contribution in [2.24, 2.45) is 0 Å². The molecule has 7 nitrogen and oxygen atoms in total. The number of rotatable bonds is 6. The number of aryl methyl sites for hydroxylation is 1. The molecule has 0 radical (unpaired) electrons. The number of amides is 1. The van der Waals surface area contributed by atoms with E-state index in [0.717, 1.165) is 17.9 Å². The van der Waals surface area contributed by atoms with Crippen LogP contribution in [0.25, 0.3) is 0 Å². The van der Waals surface area contributed by atoms with E-state index in [0.29, 0.717) is 24.0 Å². The molecule has 7 heteroatoms. The van der Waals surface area contributed by atoms with E-state index in [-0.39, 0.29) is 5.91 Å². The van der Waals surface area contributed by atoms with Gasteiger partial charge in [-0.2, -0.15) is 4.98 Å². The number of hydrogen-bond donors (Lipinski definition) is 1. The van der Waals surface area contributed by atoms with Gasteiger partial charge in [0.15, 0.2) is 5.76 Å². The molecule has 2 rings (SSSR count). The van der Waals surface area contributed by atoms with E-state index in [2.05, 4.69) is 22.2 Å². The van der Waals surface area contributed by atoms with E-state index in [4.69, 9.17) is 4.42 Å². The van der Waals surface area contributed by atoms with Crippen LogP contribution in [0.1, 0.15) is 28.9 Å². The molecule has 0 saturated heterocycles. The molecule has 2 heterocycles. The molecule has 1 amide bonds. The average Bonchev–Trinajstić information content (AvgIpc) is 3.00. The van der Waals surface area contributed by atoms with Crippen LogP contribution in [0.2, 0.25) is 0 Å². The molecule has 0 saturated carbocycles. The van der Waals surface area contributed by atoms with Gasteiger partial charge in [0.25, 0.3) is 5.91 Å². The highest BCUT2D eigenvalue weighted by atomic mass is 16.4. The zero-order valence-corrected chi connectivity index (χ0v) is 14.3. The lowest BCUT2D eigenvalue weighted by Gasteiger charge is -2.13. The zero-order valence-electron chi connectivity index (χ0n) is 14.3. The summed E-state index contributed by atoms with van der Waals surface area (Å²) in [5, 5.41) is 3.22. The second-order valence-electron chi connectivity index (χ2n) is 5.61. The molecule has 0 aliphatic carbocycles. The van der Waals surface area contributed by atoms with Crippen molar-refractivity contribution in [3.8, 4) is 0 Å². The Hall–Kier alpha value is -2.57. The van der Waals surface area contributed by atoms with Crippen LogP contribution in [0.5, 0.6) is 0 Å². The summed E-state index contributed by atoms with van der Waals surface area (Å²) in [5.41, 5.74) is 0.967. The standard InChI is InChI=1S/C16H23N5O2/c1-6-11-9-14(19-16(18-11)21(4)5)17-10-12-7-8-13(23-12)15(22)20(2)3/h7-9H,6,10H2,1-5H3,(H,17,18,19). The normalized spacial score (nSPS) is 10.5. The Balaban J connectivity index is 2.09. The van der Waals surface area contributed by atoms with Gasteiger partial charge in [0.2, 0.25) is 5.95 Å². The van der Waals surface area contributed by atoms with Crippen molar-refractivity contribution in [1.82, 2.24) is 14.9 Å². The van der Waals surface area contributed by atoms with Gasteiger partial charge in [0, 0.05) is 40.0 Å². The number of furan rings is 1. The van der Waals surface area contributed by atoms with Crippen LogP contribution in [0.15, 0.2) is 22.6 Å². The van der Waals surface area contributed by atoms with Gasteiger partial charge in [-0.1, -0.05) is 6.92 Å². The summed E-state index contributed by atoms with van der Waals surface area (Å²) < 4.78 is 5.56. The highest BCUT2D eigenvalue weighted by molar-refractivity contribution is 5.91. The molecule has 0 aromatic carbocycles. The highest BCUT2D eigenvalue weighted by Crippen LogP contribution is 2.15. The monoisotopic (exact) mass is 317 g/mol. The number of carbonyl (C=O) groups excluding carboxylic acids is 1. The first kappa shape index (κ1) is 16.8. The second kappa shape index (κ2) is 7.13. The maximum atomic E-state index is 11.8. The minimum absolute atomic E-state index is 0.151. The van der Waals surface area contributed by atoms with Gasteiger partial charge in [-0.25, -0.2) is 4.98 Å². The number of anilines is 2. The van der Waals surface area contributed by atoms with Gasteiger partial charge in [-0.05, 0) is 18.6 Å². The van der Waals surface area contributed by atoms with Crippen molar-refractivity contribution < 1.29 is 9.21 Å². The van der Waals surface area contributed by atoms with Crippen molar-refractivity contribution >= 4 is 17.7 Å². The summed E-state index contributed by atoms with van der Waals surface area (Å²) in [6, 6.07) is 5.39. The Bertz CT molecular complexity index is 679. The maximum absolute atomic E-state index is 11.8. The molecule has 23 heavy (non-hydrogen) atoms.